The van der Waals surface area contributed by atoms with Crippen LogP contribution in [0.15, 0.2) is 42.5 Å². The smallest absolute Gasteiger partial charge is 0.478 e. The second kappa shape index (κ2) is 6.57. The second-order valence-electron chi connectivity index (χ2n) is 6.11. The van der Waals surface area contributed by atoms with E-state index in [1.807, 2.05) is 0 Å². The first-order valence-corrected chi connectivity index (χ1v) is 7.81. The van der Waals surface area contributed by atoms with E-state index < -0.39 is 35.2 Å². The molecule has 2 aromatic carbocycles. The first-order chi connectivity index (χ1) is 12.6. The van der Waals surface area contributed by atoms with E-state index in [1.54, 1.807) is 0 Å². The van der Waals surface area contributed by atoms with E-state index in [1.165, 1.54) is 24.3 Å². The number of alkyl halides is 3. The Hall–Kier alpha value is -3.10. The number of nitrogens with one attached hydrogen (secondary N) is 1. The van der Waals surface area contributed by atoms with Gasteiger partial charge in [0.05, 0.1) is 11.0 Å². The number of hydrogen-bond donors (Lipinski definition) is 2. The molecule has 0 saturated heterocycles. The molecule has 1 aliphatic rings. The maximum atomic E-state index is 14.3. The molecule has 1 fully saturated rings. The molecule has 0 aromatic heterocycles. The zero-order chi connectivity index (χ0) is 19.8. The van der Waals surface area contributed by atoms with Crippen LogP contribution >= 0.6 is 0 Å². The molecule has 9 heteroatoms. The molecule has 142 valence electrons. The number of amides is 1. The number of anilines is 1. The normalized spacial score (nSPS) is 15.1. The van der Waals surface area contributed by atoms with Crippen LogP contribution in [0.1, 0.15) is 28.8 Å². The van der Waals surface area contributed by atoms with E-state index in [0.29, 0.717) is 18.9 Å². The van der Waals surface area contributed by atoms with Crippen molar-refractivity contribution in [3.05, 3.63) is 59.4 Å². The summed E-state index contributed by atoms with van der Waals surface area (Å²) in [4.78, 5) is 23.6. The third kappa shape index (κ3) is 4.02. The fourth-order valence-corrected chi connectivity index (χ4v) is 2.81. The van der Waals surface area contributed by atoms with E-state index in [2.05, 4.69) is 10.1 Å². The van der Waals surface area contributed by atoms with Crippen molar-refractivity contribution in [3.63, 3.8) is 0 Å². The van der Waals surface area contributed by atoms with Crippen molar-refractivity contribution in [2.45, 2.75) is 24.6 Å². The standard InChI is InChI=1S/C18H13F4NO4/c19-14-9-12(27-18(20,21)22)4-5-13(14)17(6-7-17)16(26)23-11-3-1-2-10(8-11)15(24)25/h1-5,8-9H,6-7H2,(H,23,26)(H,24,25). The van der Waals surface area contributed by atoms with Gasteiger partial charge in [0, 0.05) is 17.3 Å². The van der Waals surface area contributed by atoms with Crippen LogP contribution in [-0.2, 0) is 10.2 Å². The Morgan fingerprint density at radius 1 is 1.11 bits per heavy atom. The van der Waals surface area contributed by atoms with Gasteiger partial charge in [-0.3, -0.25) is 4.79 Å². The van der Waals surface area contributed by atoms with Crippen LogP contribution in [0.3, 0.4) is 0 Å². The van der Waals surface area contributed by atoms with Crippen LogP contribution in [0.25, 0.3) is 0 Å². The molecular formula is C18H13F4NO4. The Morgan fingerprint density at radius 2 is 1.81 bits per heavy atom. The molecular weight excluding hydrogens is 370 g/mol. The van der Waals surface area contributed by atoms with E-state index >= 15 is 0 Å². The van der Waals surface area contributed by atoms with Crippen molar-refractivity contribution in [2.75, 3.05) is 5.32 Å². The summed E-state index contributed by atoms with van der Waals surface area (Å²) in [6.07, 6.45) is -4.32. The minimum Gasteiger partial charge on any atom is -0.478 e. The fourth-order valence-electron chi connectivity index (χ4n) is 2.81. The van der Waals surface area contributed by atoms with Crippen LogP contribution in [0.5, 0.6) is 5.75 Å². The topological polar surface area (TPSA) is 75.6 Å². The summed E-state index contributed by atoms with van der Waals surface area (Å²) in [7, 11) is 0. The number of carbonyl (C=O) groups excluding carboxylic acids is 1. The summed E-state index contributed by atoms with van der Waals surface area (Å²) >= 11 is 0. The largest absolute Gasteiger partial charge is 0.573 e. The molecule has 1 amide bonds. The highest BCUT2D eigenvalue weighted by Gasteiger charge is 2.53. The van der Waals surface area contributed by atoms with Crippen molar-refractivity contribution in [1.82, 2.24) is 0 Å². The quantitative estimate of drug-likeness (QED) is 0.763. The molecule has 2 aromatic rings. The highest BCUT2D eigenvalue weighted by molar-refractivity contribution is 6.02. The minimum absolute atomic E-state index is 0.0301. The summed E-state index contributed by atoms with van der Waals surface area (Å²) < 4.78 is 54.7. The van der Waals surface area contributed by atoms with Crippen molar-refractivity contribution in [1.29, 1.82) is 0 Å². The second-order valence-corrected chi connectivity index (χ2v) is 6.11. The first kappa shape index (κ1) is 18.7. The molecule has 27 heavy (non-hydrogen) atoms. The number of carboxylic acids is 1. The maximum Gasteiger partial charge on any atom is 0.573 e. The predicted molar refractivity (Wildman–Crippen MR) is 86.0 cm³/mol. The molecule has 0 radical (unpaired) electrons. The van der Waals surface area contributed by atoms with Crippen molar-refractivity contribution in [3.8, 4) is 5.75 Å². The van der Waals surface area contributed by atoms with Gasteiger partial charge in [-0.1, -0.05) is 12.1 Å². The molecule has 0 spiro atoms. The van der Waals surface area contributed by atoms with Gasteiger partial charge in [0.15, 0.2) is 0 Å². The van der Waals surface area contributed by atoms with E-state index in [9.17, 15) is 27.2 Å². The van der Waals surface area contributed by atoms with Crippen molar-refractivity contribution < 1.29 is 37.0 Å². The highest BCUT2D eigenvalue weighted by atomic mass is 19.4. The molecule has 1 saturated carbocycles. The summed E-state index contributed by atoms with van der Waals surface area (Å²) in [6, 6.07) is 8.17. The zero-order valence-corrected chi connectivity index (χ0v) is 13.6. The van der Waals surface area contributed by atoms with Crippen molar-refractivity contribution >= 4 is 17.6 Å². The van der Waals surface area contributed by atoms with Gasteiger partial charge in [-0.2, -0.15) is 0 Å². The van der Waals surface area contributed by atoms with Crippen molar-refractivity contribution in [2.24, 2.45) is 0 Å². The lowest BCUT2D eigenvalue weighted by molar-refractivity contribution is -0.274. The number of benzene rings is 2. The van der Waals surface area contributed by atoms with Crippen LogP contribution in [-0.4, -0.2) is 23.3 Å². The molecule has 3 rings (SSSR count). The molecule has 0 atom stereocenters. The highest BCUT2D eigenvalue weighted by Crippen LogP contribution is 2.50. The summed E-state index contributed by atoms with van der Waals surface area (Å²) in [5.74, 6) is -3.43. The molecule has 2 N–H and O–H groups in total. The Bertz CT molecular complexity index is 906. The number of hydrogen-bond acceptors (Lipinski definition) is 3. The number of rotatable bonds is 5. The summed E-state index contributed by atoms with van der Waals surface area (Å²) in [5, 5.41) is 11.5. The first-order valence-electron chi connectivity index (χ1n) is 7.81. The monoisotopic (exact) mass is 383 g/mol. The molecule has 0 unspecified atom stereocenters. The zero-order valence-electron chi connectivity index (χ0n) is 13.6. The Morgan fingerprint density at radius 3 is 2.37 bits per heavy atom. The van der Waals surface area contributed by atoms with Crippen LogP contribution in [0.2, 0.25) is 0 Å². The van der Waals surface area contributed by atoms with Gasteiger partial charge in [-0.05, 0) is 37.1 Å². The predicted octanol–water partition coefficient (Wildman–Crippen LogP) is 4.09. The Balaban J connectivity index is 1.81. The van der Waals surface area contributed by atoms with E-state index in [4.69, 9.17) is 5.11 Å². The summed E-state index contributed by atoms with van der Waals surface area (Å²) in [5.41, 5.74) is -1.05. The van der Waals surface area contributed by atoms with E-state index in [0.717, 1.165) is 12.1 Å². The maximum absolute atomic E-state index is 14.3. The number of carboxylic acid groups (broad SMARTS) is 1. The molecule has 0 bridgehead atoms. The van der Waals surface area contributed by atoms with Gasteiger partial charge in [0.25, 0.3) is 0 Å². The lowest BCUT2D eigenvalue weighted by Crippen LogP contribution is -2.29. The number of aromatic carboxylic acids is 1. The van der Waals surface area contributed by atoms with Gasteiger partial charge in [-0.15, -0.1) is 13.2 Å². The SMILES string of the molecule is O=C(O)c1cccc(NC(=O)C2(c3ccc(OC(F)(F)F)cc3F)CC2)c1. The van der Waals surface area contributed by atoms with Gasteiger partial charge < -0.3 is 15.2 Å². The minimum atomic E-state index is -4.95. The third-order valence-electron chi connectivity index (χ3n) is 4.24. The van der Waals surface area contributed by atoms with Gasteiger partial charge in [0.1, 0.15) is 11.6 Å². The molecule has 0 aliphatic heterocycles. The molecule has 1 aliphatic carbocycles. The average Bonchev–Trinajstić information content (AvgIpc) is 3.35. The number of halogens is 4. The fraction of sp³-hybridized carbons (Fsp3) is 0.222. The molecule has 5 nitrogen and oxygen atoms in total. The summed E-state index contributed by atoms with van der Waals surface area (Å²) in [6.45, 7) is 0. The molecule has 0 heterocycles. The van der Waals surface area contributed by atoms with Gasteiger partial charge in [-0.25, -0.2) is 9.18 Å². The average molecular weight is 383 g/mol. The lowest BCUT2D eigenvalue weighted by Gasteiger charge is -2.18. The van der Waals surface area contributed by atoms with Gasteiger partial charge >= 0.3 is 12.3 Å². The Kier molecular flexibility index (Phi) is 4.54. The van der Waals surface area contributed by atoms with Crippen LogP contribution in [0.4, 0.5) is 23.2 Å². The lowest BCUT2D eigenvalue weighted by atomic mass is 9.94. The third-order valence-corrected chi connectivity index (χ3v) is 4.24. The number of carbonyl (C=O) groups is 2. The Labute approximate surface area is 150 Å². The van der Waals surface area contributed by atoms with Crippen LogP contribution < -0.4 is 10.1 Å². The number of ether oxygens (including phenoxy) is 1. The van der Waals surface area contributed by atoms with Crippen LogP contribution in [0, 0.1) is 5.82 Å². The van der Waals surface area contributed by atoms with Gasteiger partial charge in [0.2, 0.25) is 5.91 Å². The van der Waals surface area contributed by atoms with E-state index in [-0.39, 0.29) is 16.8 Å².